The van der Waals surface area contributed by atoms with Gasteiger partial charge in [0.25, 0.3) is 0 Å². The highest BCUT2D eigenvalue weighted by Gasteiger charge is 2.29. The third-order valence-electron chi connectivity index (χ3n) is 5.41. The predicted molar refractivity (Wildman–Crippen MR) is 102 cm³/mol. The number of likely N-dealkylation sites (tertiary alicyclic amines) is 2. The van der Waals surface area contributed by atoms with E-state index >= 15 is 0 Å². The van der Waals surface area contributed by atoms with Gasteiger partial charge in [0, 0.05) is 50.4 Å². The summed E-state index contributed by atoms with van der Waals surface area (Å²) < 4.78 is 5.45. The fourth-order valence-corrected chi connectivity index (χ4v) is 4.00. The van der Waals surface area contributed by atoms with Crippen LogP contribution in [0.2, 0.25) is 5.02 Å². The van der Waals surface area contributed by atoms with Gasteiger partial charge in [-0.3, -0.25) is 4.79 Å². The number of piperidine rings is 2. The number of ether oxygens (including phenoxy) is 1. The van der Waals surface area contributed by atoms with Crippen molar-refractivity contribution in [2.24, 2.45) is 0 Å². The molecular weight excluding hydrogens is 336 g/mol. The van der Waals surface area contributed by atoms with Crippen LogP contribution in [0, 0.1) is 0 Å². The topological polar surface area (TPSA) is 32.8 Å². The number of benzene rings is 1. The van der Waals surface area contributed by atoms with Gasteiger partial charge in [-0.15, -0.1) is 0 Å². The van der Waals surface area contributed by atoms with Crippen molar-refractivity contribution >= 4 is 23.6 Å². The van der Waals surface area contributed by atoms with Gasteiger partial charge in [-0.05, 0) is 43.4 Å². The van der Waals surface area contributed by atoms with Crippen LogP contribution in [-0.4, -0.2) is 61.1 Å². The van der Waals surface area contributed by atoms with E-state index in [1.807, 2.05) is 35.2 Å². The lowest BCUT2D eigenvalue weighted by molar-refractivity contribution is -0.127. The minimum atomic E-state index is 0.0801. The maximum Gasteiger partial charge on any atom is 0.246 e. The van der Waals surface area contributed by atoms with Crippen molar-refractivity contribution in [1.82, 2.24) is 9.80 Å². The molecule has 0 N–H and O–H groups in total. The lowest BCUT2D eigenvalue weighted by Gasteiger charge is -2.41. The van der Waals surface area contributed by atoms with E-state index < -0.39 is 0 Å². The molecule has 2 saturated heterocycles. The van der Waals surface area contributed by atoms with E-state index in [4.69, 9.17) is 16.3 Å². The van der Waals surface area contributed by atoms with Crippen LogP contribution in [0.3, 0.4) is 0 Å². The molecule has 0 saturated carbocycles. The van der Waals surface area contributed by atoms with Crippen molar-refractivity contribution in [3.8, 4) is 0 Å². The molecule has 0 unspecified atom stereocenters. The fourth-order valence-electron chi connectivity index (χ4n) is 3.80. The zero-order chi connectivity index (χ0) is 17.6. The van der Waals surface area contributed by atoms with E-state index in [2.05, 4.69) is 4.90 Å². The van der Waals surface area contributed by atoms with Crippen LogP contribution in [0.4, 0.5) is 0 Å². The Morgan fingerprint density at radius 2 is 1.80 bits per heavy atom. The summed E-state index contributed by atoms with van der Waals surface area (Å²) in [6.45, 7) is 3.90. The molecule has 25 heavy (non-hydrogen) atoms. The molecular formula is C20H27ClN2O2. The minimum absolute atomic E-state index is 0.0801. The zero-order valence-electron chi connectivity index (χ0n) is 14.9. The van der Waals surface area contributed by atoms with Crippen LogP contribution >= 0.6 is 11.6 Å². The molecule has 1 amide bonds. The SMILES string of the molecule is COC1CCN(C2CCN(C(=O)C=Cc3ccccc3Cl)CC2)CC1. The lowest BCUT2D eigenvalue weighted by Crippen LogP contribution is -2.49. The molecule has 0 bridgehead atoms. The van der Waals surface area contributed by atoms with Gasteiger partial charge in [0.15, 0.2) is 0 Å². The number of rotatable bonds is 4. The van der Waals surface area contributed by atoms with Gasteiger partial charge in [0.05, 0.1) is 6.10 Å². The van der Waals surface area contributed by atoms with Gasteiger partial charge in [-0.1, -0.05) is 29.8 Å². The highest BCUT2D eigenvalue weighted by atomic mass is 35.5. The first-order chi connectivity index (χ1) is 12.2. The van der Waals surface area contributed by atoms with Gasteiger partial charge in [0.1, 0.15) is 0 Å². The number of hydrogen-bond acceptors (Lipinski definition) is 3. The third-order valence-corrected chi connectivity index (χ3v) is 5.76. The molecule has 0 aromatic heterocycles. The Balaban J connectivity index is 1.47. The fraction of sp³-hybridized carbons (Fsp3) is 0.550. The molecule has 2 heterocycles. The van der Waals surface area contributed by atoms with Gasteiger partial charge >= 0.3 is 0 Å². The first-order valence-electron chi connectivity index (χ1n) is 9.15. The van der Waals surface area contributed by atoms with Gasteiger partial charge in [0.2, 0.25) is 5.91 Å². The quantitative estimate of drug-likeness (QED) is 0.769. The summed E-state index contributed by atoms with van der Waals surface area (Å²) in [6, 6.07) is 8.18. The number of carbonyl (C=O) groups excluding carboxylic acids is 1. The summed E-state index contributed by atoms with van der Waals surface area (Å²) in [5.41, 5.74) is 0.883. The molecule has 0 radical (unpaired) electrons. The highest BCUT2D eigenvalue weighted by molar-refractivity contribution is 6.32. The molecule has 0 spiro atoms. The normalized spacial score (nSPS) is 21.1. The second-order valence-corrected chi connectivity index (χ2v) is 7.29. The van der Waals surface area contributed by atoms with Crippen molar-refractivity contribution in [2.45, 2.75) is 37.8 Å². The molecule has 2 aliphatic rings. The van der Waals surface area contributed by atoms with Crippen LogP contribution in [0.5, 0.6) is 0 Å². The Morgan fingerprint density at radius 3 is 2.44 bits per heavy atom. The summed E-state index contributed by atoms with van der Waals surface area (Å²) in [4.78, 5) is 16.9. The van der Waals surface area contributed by atoms with Crippen LogP contribution in [0.25, 0.3) is 6.08 Å². The number of hydrogen-bond donors (Lipinski definition) is 0. The summed E-state index contributed by atoms with van der Waals surface area (Å²) in [7, 11) is 1.81. The Bertz CT molecular complexity index is 603. The summed E-state index contributed by atoms with van der Waals surface area (Å²) in [5, 5.41) is 0.671. The third kappa shape index (κ3) is 4.84. The summed E-state index contributed by atoms with van der Waals surface area (Å²) in [6.07, 6.45) is 8.24. The average molecular weight is 363 g/mol. The Kier molecular flexibility index (Phi) is 6.51. The Morgan fingerprint density at radius 1 is 1.12 bits per heavy atom. The standard InChI is InChI=1S/C20H27ClN2O2/c1-25-18-10-14-22(15-11-18)17-8-12-23(13-9-17)20(24)7-6-16-4-2-3-5-19(16)21/h2-7,17-18H,8-15H2,1H3. The second-order valence-electron chi connectivity index (χ2n) is 6.88. The van der Waals surface area contributed by atoms with Crippen molar-refractivity contribution in [3.05, 3.63) is 40.9 Å². The maximum atomic E-state index is 12.4. The van der Waals surface area contributed by atoms with Crippen LogP contribution in [0.1, 0.15) is 31.2 Å². The van der Waals surface area contributed by atoms with E-state index in [0.717, 1.165) is 57.4 Å². The molecule has 1 aromatic carbocycles. The van der Waals surface area contributed by atoms with Crippen molar-refractivity contribution in [3.63, 3.8) is 0 Å². The molecule has 136 valence electrons. The molecule has 5 heteroatoms. The summed E-state index contributed by atoms with van der Waals surface area (Å²) >= 11 is 6.13. The largest absolute Gasteiger partial charge is 0.381 e. The molecule has 0 aliphatic carbocycles. The second kappa shape index (κ2) is 8.84. The van der Waals surface area contributed by atoms with Crippen LogP contribution < -0.4 is 0 Å². The number of carbonyl (C=O) groups is 1. The van der Waals surface area contributed by atoms with Gasteiger partial charge in [-0.25, -0.2) is 0 Å². The van der Waals surface area contributed by atoms with E-state index in [1.54, 1.807) is 13.2 Å². The van der Waals surface area contributed by atoms with E-state index in [9.17, 15) is 4.79 Å². The lowest BCUT2D eigenvalue weighted by atomic mass is 9.99. The zero-order valence-corrected chi connectivity index (χ0v) is 15.6. The molecule has 2 aliphatic heterocycles. The Labute approximate surface area is 155 Å². The van der Waals surface area contributed by atoms with Crippen molar-refractivity contribution in [1.29, 1.82) is 0 Å². The van der Waals surface area contributed by atoms with E-state index in [-0.39, 0.29) is 5.91 Å². The van der Waals surface area contributed by atoms with Gasteiger partial charge in [-0.2, -0.15) is 0 Å². The maximum absolute atomic E-state index is 12.4. The molecule has 4 nitrogen and oxygen atoms in total. The van der Waals surface area contributed by atoms with Crippen molar-refractivity contribution < 1.29 is 9.53 Å². The number of halogens is 1. The van der Waals surface area contributed by atoms with E-state index in [0.29, 0.717) is 17.2 Å². The molecule has 3 rings (SSSR count). The van der Waals surface area contributed by atoms with Crippen molar-refractivity contribution in [2.75, 3.05) is 33.3 Å². The highest BCUT2D eigenvalue weighted by Crippen LogP contribution is 2.22. The van der Waals surface area contributed by atoms with Gasteiger partial charge < -0.3 is 14.5 Å². The number of amides is 1. The molecule has 0 atom stereocenters. The first-order valence-corrected chi connectivity index (χ1v) is 9.53. The number of nitrogens with zero attached hydrogens (tertiary/aromatic N) is 2. The monoisotopic (exact) mass is 362 g/mol. The molecule has 2 fully saturated rings. The molecule has 1 aromatic rings. The Hall–Kier alpha value is -1.36. The summed E-state index contributed by atoms with van der Waals surface area (Å²) in [5.74, 6) is 0.0801. The predicted octanol–water partition coefficient (Wildman–Crippen LogP) is 3.46. The minimum Gasteiger partial charge on any atom is -0.381 e. The van der Waals surface area contributed by atoms with Crippen LogP contribution in [-0.2, 0) is 9.53 Å². The average Bonchev–Trinajstić information content (AvgIpc) is 2.67. The van der Waals surface area contributed by atoms with Crippen LogP contribution in [0.15, 0.2) is 30.3 Å². The van der Waals surface area contributed by atoms with E-state index in [1.165, 1.54) is 0 Å². The first kappa shape index (κ1) is 18.4. The number of methoxy groups -OCH3 is 1. The smallest absolute Gasteiger partial charge is 0.246 e.